The summed E-state index contributed by atoms with van der Waals surface area (Å²) in [5.74, 6) is 0.516. The summed E-state index contributed by atoms with van der Waals surface area (Å²) in [4.78, 5) is 14.3. The van der Waals surface area contributed by atoms with E-state index < -0.39 is 10.0 Å². The van der Waals surface area contributed by atoms with E-state index in [1.165, 1.54) is 0 Å². The van der Waals surface area contributed by atoms with Crippen molar-refractivity contribution in [3.8, 4) is 0 Å². The van der Waals surface area contributed by atoms with Gasteiger partial charge >= 0.3 is 0 Å². The van der Waals surface area contributed by atoms with Gasteiger partial charge in [0.05, 0.1) is 18.9 Å². The molecule has 2 aliphatic rings. The van der Waals surface area contributed by atoms with Crippen molar-refractivity contribution in [3.05, 3.63) is 35.9 Å². The zero-order valence-corrected chi connectivity index (χ0v) is 14.7. The molecule has 1 heterocycles. The quantitative estimate of drug-likeness (QED) is 0.837. The maximum atomic E-state index is 12.5. The van der Waals surface area contributed by atoms with Gasteiger partial charge in [-0.3, -0.25) is 4.79 Å². The van der Waals surface area contributed by atoms with Crippen LogP contribution in [-0.4, -0.2) is 51.2 Å². The predicted octanol–water partition coefficient (Wildman–Crippen LogP) is 1.30. The Bertz CT molecular complexity index is 673. The summed E-state index contributed by atoms with van der Waals surface area (Å²) in [6.45, 7) is 1.26. The largest absolute Gasteiger partial charge is 0.366 e. The van der Waals surface area contributed by atoms with Gasteiger partial charge in [-0.1, -0.05) is 30.3 Å². The van der Waals surface area contributed by atoms with Crippen molar-refractivity contribution in [2.24, 2.45) is 5.92 Å². The number of rotatable bonds is 6. The fourth-order valence-corrected chi connectivity index (χ4v) is 3.55. The van der Waals surface area contributed by atoms with E-state index in [1.54, 1.807) is 0 Å². The molecule has 0 radical (unpaired) electrons. The second-order valence-electron chi connectivity index (χ2n) is 6.63. The third kappa shape index (κ3) is 4.78. The first-order chi connectivity index (χ1) is 11.4. The molecule has 0 spiro atoms. The smallest absolute Gasteiger partial charge is 0.224 e. The average Bonchev–Trinajstić information content (AvgIpc) is 3.39. The molecule has 2 fully saturated rings. The molecular formula is C17H24N2O4S. The Hall–Kier alpha value is -1.44. The summed E-state index contributed by atoms with van der Waals surface area (Å²) in [5, 5.41) is 0. The van der Waals surface area contributed by atoms with Gasteiger partial charge in [0, 0.05) is 19.5 Å². The van der Waals surface area contributed by atoms with Crippen molar-refractivity contribution in [1.82, 2.24) is 9.62 Å². The summed E-state index contributed by atoms with van der Waals surface area (Å²) in [6.07, 6.45) is 3.55. The molecule has 1 aliphatic heterocycles. The van der Waals surface area contributed by atoms with E-state index in [0.717, 1.165) is 24.7 Å². The number of carbonyl (C=O) groups excluding carboxylic acids is 1. The number of nitrogens with zero attached hydrogens (tertiary/aromatic N) is 1. The topological polar surface area (TPSA) is 75.7 Å². The normalized spacial score (nSPS) is 24.8. The third-order valence-corrected chi connectivity index (χ3v) is 5.23. The van der Waals surface area contributed by atoms with E-state index in [1.807, 2.05) is 35.2 Å². The molecule has 1 amide bonds. The molecular weight excluding hydrogens is 328 g/mol. The van der Waals surface area contributed by atoms with Crippen LogP contribution < -0.4 is 4.72 Å². The molecule has 1 aromatic rings. The van der Waals surface area contributed by atoms with Gasteiger partial charge < -0.3 is 9.64 Å². The lowest BCUT2D eigenvalue weighted by Gasteiger charge is -2.38. The third-order valence-electron chi connectivity index (χ3n) is 4.50. The van der Waals surface area contributed by atoms with Crippen LogP contribution in [-0.2, 0) is 19.6 Å². The fourth-order valence-electron chi connectivity index (χ4n) is 3.07. The van der Waals surface area contributed by atoms with Gasteiger partial charge in [-0.2, -0.15) is 0 Å². The molecule has 3 rings (SSSR count). The van der Waals surface area contributed by atoms with Gasteiger partial charge in [0.15, 0.2) is 0 Å². The Balaban J connectivity index is 1.64. The van der Waals surface area contributed by atoms with Crippen LogP contribution in [0.1, 0.15) is 30.9 Å². The Kier molecular flexibility index (Phi) is 5.22. The number of hydrogen-bond donors (Lipinski definition) is 1. The minimum atomic E-state index is -3.26. The SMILES string of the molecule is CS(=O)(=O)NCCC(=O)N1C[C@@H](c2ccccc2)O[C@@H](C2CC2)C1. The highest BCUT2D eigenvalue weighted by atomic mass is 32.2. The number of sulfonamides is 1. The minimum Gasteiger partial charge on any atom is -0.366 e. The van der Waals surface area contributed by atoms with Gasteiger partial charge in [0.1, 0.15) is 6.10 Å². The lowest BCUT2D eigenvalue weighted by molar-refractivity contribution is -0.147. The Morgan fingerprint density at radius 2 is 1.96 bits per heavy atom. The molecule has 1 saturated heterocycles. The fraction of sp³-hybridized carbons (Fsp3) is 0.588. The van der Waals surface area contributed by atoms with Gasteiger partial charge in [-0.05, 0) is 24.3 Å². The van der Waals surface area contributed by atoms with Gasteiger partial charge in [0.2, 0.25) is 15.9 Å². The molecule has 0 unspecified atom stereocenters. The van der Waals surface area contributed by atoms with Crippen LogP contribution in [0.4, 0.5) is 0 Å². The van der Waals surface area contributed by atoms with Crippen LogP contribution >= 0.6 is 0 Å². The highest BCUT2D eigenvalue weighted by Gasteiger charge is 2.39. The van der Waals surface area contributed by atoms with E-state index in [9.17, 15) is 13.2 Å². The van der Waals surface area contributed by atoms with Crippen LogP contribution in [0, 0.1) is 5.92 Å². The molecule has 0 bridgehead atoms. The van der Waals surface area contributed by atoms with Crippen molar-refractivity contribution in [2.45, 2.75) is 31.5 Å². The summed E-state index contributed by atoms with van der Waals surface area (Å²) >= 11 is 0. The van der Waals surface area contributed by atoms with Crippen molar-refractivity contribution >= 4 is 15.9 Å². The molecule has 1 saturated carbocycles. The van der Waals surface area contributed by atoms with Crippen LogP contribution in [0.5, 0.6) is 0 Å². The number of carbonyl (C=O) groups is 1. The first-order valence-corrected chi connectivity index (χ1v) is 10.2. The maximum absolute atomic E-state index is 12.5. The van der Waals surface area contributed by atoms with Crippen LogP contribution in [0.15, 0.2) is 30.3 Å². The molecule has 0 aromatic heterocycles. The van der Waals surface area contributed by atoms with E-state index in [4.69, 9.17) is 4.74 Å². The highest BCUT2D eigenvalue weighted by molar-refractivity contribution is 7.88. The van der Waals surface area contributed by atoms with E-state index in [2.05, 4.69) is 4.72 Å². The Morgan fingerprint density at radius 1 is 1.25 bits per heavy atom. The van der Waals surface area contributed by atoms with Gasteiger partial charge in [0.25, 0.3) is 0 Å². The molecule has 7 heteroatoms. The summed E-state index contributed by atoms with van der Waals surface area (Å²) in [7, 11) is -3.26. The van der Waals surface area contributed by atoms with E-state index in [-0.39, 0.29) is 31.1 Å². The number of hydrogen-bond acceptors (Lipinski definition) is 4. The molecule has 132 valence electrons. The number of ether oxygens (including phenoxy) is 1. The highest BCUT2D eigenvalue weighted by Crippen LogP contribution is 2.39. The van der Waals surface area contributed by atoms with Crippen LogP contribution in [0.3, 0.4) is 0 Å². The zero-order chi connectivity index (χ0) is 17.2. The summed E-state index contributed by atoms with van der Waals surface area (Å²) in [5.41, 5.74) is 1.08. The monoisotopic (exact) mass is 352 g/mol. The van der Waals surface area contributed by atoms with Crippen molar-refractivity contribution in [1.29, 1.82) is 0 Å². The minimum absolute atomic E-state index is 0.0268. The first-order valence-electron chi connectivity index (χ1n) is 8.35. The average molecular weight is 352 g/mol. The lowest BCUT2D eigenvalue weighted by Crippen LogP contribution is -2.48. The number of morpholine rings is 1. The number of nitrogens with one attached hydrogen (secondary N) is 1. The molecule has 1 aliphatic carbocycles. The predicted molar refractivity (Wildman–Crippen MR) is 90.8 cm³/mol. The second-order valence-corrected chi connectivity index (χ2v) is 8.46. The standard InChI is InChI=1S/C17H24N2O4S/c1-24(21,22)18-10-9-17(20)19-11-15(13-5-3-2-4-6-13)23-16(12-19)14-7-8-14/h2-6,14-16,18H,7-12H2,1H3/t15-,16+/m0/s1. The Labute approximate surface area is 143 Å². The Morgan fingerprint density at radius 3 is 2.58 bits per heavy atom. The molecule has 1 N–H and O–H groups in total. The van der Waals surface area contributed by atoms with Gasteiger partial charge in [-0.25, -0.2) is 13.1 Å². The van der Waals surface area contributed by atoms with Crippen LogP contribution in [0.2, 0.25) is 0 Å². The molecule has 2 atom stereocenters. The maximum Gasteiger partial charge on any atom is 0.224 e. The second kappa shape index (κ2) is 7.21. The summed E-state index contributed by atoms with van der Waals surface area (Å²) in [6, 6.07) is 9.95. The molecule has 6 nitrogen and oxygen atoms in total. The van der Waals surface area contributed by atoms with Crippen LogP contribution in [0.25, 0.3) is 0 Å². The van der Waals surface area contributed by atoms with Crippen molar-refractivity contribution in [3.63, 3.8) is 0 Å². The van der Waals surface area contributed by atoms with E-state index in [0.29, 0.717) is 19.0 Å². The summed E-state index contributed by atoms with van der Waals surface area (Å²) < 4.78 is 30.8. The first kappa shape index (κ1) is 17.4. The number of amides is 1. The van der Waals surface area contributed by atoms with E-state index >= 15 is 0 Å². The van der Waals surface area contributed by atoms with Crippen molar-refractivity contribution < 1.29 is 17.9 Å². The lowest BCUT2D eigenvalue weighted by atomic mass is 10.0. The van der Waals surface area contributed by atoms with Gasteiger partial charge in [-0.15, -0.1) is 0 Å². The molecule has 24 heavy (non-hydrogen) atoms. The molecule has 1 aromatic carbocycles. The van der Waals surface area contributed by atoms with Crippen molar-refractivity contribution in [2.75, 3.05) is 25.9 Å². The zero-order valence-electron chi connectivity index (χ0n) is 13.8. The number of benzene rings is 1.